The highest BCUT2D eigenvalue weighted by molar-refractivity contribution is 5.27. The average molecular weight is 288 g/mol. The van der Waals surface area contributed by atoms with Crippen molar-refractivity contribution in [2.75, 3.05) is 32.8 Å². The molecule has 0 atom stereocenters. The van der Waals surface area contributed by atoms with Gasteiger partial charge in [-0.05, 0) is 69.3 Å². The molecule has 116 valence electrons. The Morgan fingerprint density at radius 2 is 2.00 bits per heavy atom. The van der Waals surface area contributed by atoms with Crippen molar-refractivity contribution in [3.8, 4) is 5.75 Å². The van der Waals surface area contributed by atoms with E-state index in [1.54, 1.807) is 0 Å². The van der Waals surface area contributed by atoms with Crippen LogP contribution in [0.4, 0.5) is 0 Å². The van der Waals surface area contributed by atoms with Crippen LogP contribution in [0.15, 0.2) is 24.3 Å². The Morgan fingerprint density at radius 3 is 2.71 bits per heavy atom. The molecule has 1 heterocycles. The summed E-state index contributed by atoms with van der Waals surface area (Å²) in [7, 11) is 0. The van der Waals surface area contributed by atoms with Crippen LogP contribution in [-0.2, 0) is 0 Å². The van der Waals surface area contributed by atoms with E-state index in [4.69, 9.17) is 4.74 Å². The molecule has 1 N–H and O–H groups in total. The fraction of sp³-hybridized carbons (Fsp3) is 0.667. The van der Waals surface area contributed by atoms with Crippen LogP contribution in [0.3, 0.4) is 0 Å². The summed E-state index contributed by atoms with van der Waals surface area (Å²) in [5, 5.41) is 3.46. The second kappa shape index (κ2) is 7.28. The van der Waals surface area contributed by atoms with Crippen molar-refractivity contribution in [2.24, 2.45) is 5.92 Å². The highest BCUT2D eigenvalue weighted by Crippen LogP contribution is 2.28. The van der Waals surface area contributed by atoms with Crippen LogP contribution in [0.25, 0.3) is 0 Å². The second-order valence-corrected chi connectivity index (χ2v) is 6.58. The number of hydrogen-bond acceptors (Lipinski definition) is 3. The van der Waals surface area contributed by atoms with Gasteiger partial charge in [0.05, 0.1) is 0 Å². The van der Waals surface area contributed by atoms with Gasteiger partial charge in [0.2, 0.25) is 0 Å². The molecule has 1 saturated carbocycles. The normalized spacial score (nSPS) is 19.9. The first-order valence-electron chi connectivity index (χ1n) is 8.45. The number of rotatable bonds is 7. The van der Waals surface area contributed by atoms with Crippen LogP contribution in [0, 0.1) is 12.8 Å². The van der Waals surface area contributed by atoms with Crippen LogP contribution in [0.2, 0.25) is 0 Å². The summed E-state index contributed by atoms with van der Waals surface area (Å²) in [6.07, 6.45) is 5.44. The van der Waals surface area contributed by atoms with Crippen LogP contribution < -0.4 is 10.1 Å². The van der Waals surface area contributed by atoms with Gasteiger partial charge in [0, 0.05) is 19.1 Å². The van der Waals surface area contributed by atoms with Crippen molar-refractivity contribution in [3.05, 3.63) is 29.8 Å². The molecule has 0 spiro atoms. The van der Waals surface area contributed by atoms with Crippen LogP contribution in [-0.4, -0.2) is 43.7 Å². The summed E-state index contributed by atoms with van der Waals surface area (Å²) in [6, 6.07) is 9.19. The fourth-order valence-electron chi connectivity index (χ4n) is 3.24. The zero-order valence-corrected chi connectivity index (χ0v) is 13.2. The van der Waals surface area contributed by atoms with Gasteiger partial charge in [0.15, 0.2) is 0 Å². The van der Waals surface area contributed by atoms with E-state index in [-0.39, 0.29) is 0 Å². The molecular formula is C18H28N2O. The Hall–Kier alpha value is -1.06. The first-order chi connectivity index (χ1) is 10.3. The lowest BCUT2D eigenvalue weighted by atomic mass is 9.97. The summed E-state index contributed by atoms with van der Waals surface area (Å²) in [5.41, 5.74) is 1.27. The lowest BCUT2D eigenvalue weighted by Crippen LogP contribution is -2.39. The molecule has 3 rings (SSSR count). The van der Waals surface area contributed by atoms with E-state index in [0.29, 0.717) is 0 Å². The number of aryl methyl sites for hydroxylation is 1. The number of ether oxygens (including phenoxy) is 1. The number of hydrogen-bond donors (Lipinski definition) is 1. The van der Waals surface area contributed by atoms with Gasteiger partial charge in [-0.1, -0.05) is 12.1 Å². The summed E-state index contributed by atoms with van der Waals surface area (Å²) in [4.78, 5) is 2.67. The SMILES string of the molecule is Cc1cccc(OCCN(CC2CCNCC2)C2CC2)c1. The van der Waals surface area contributed by atoms with Crippen molar-refractivity contribution in [1.82, 2.24) is 10.2 Å². The van der Waals surface area contributed by atoms with E-state index >= 15 is 0 Å². The standard InChI is InChI=1S/C18H28N2O/c1-15-3-2-4-18(13-15)21-12-11-20(17-5-6-17)14-16-7-9-19-10-8-16/h2-4,13,16-17,19H,5-12,14H2,1H3. The summed E-state index contributed by atoms with van der Waals surface area (Å²) in [5.74, 6) is 1.89. The molecule has 0 bridgehead atoms. The number of piperidine rings is 1. The Balaban J connectivity index is 1.44. The molecule has 1 aliphatic carbocycles. The first-order valence-corrected chi connectivity index (χ1v) is 8.45. The number of nitrogens with zero attached hydrogens (tertiary/aromatic N) is 1. The fourth-order valence-corrected chi connectivity index (χ4v) is 3.24. The molecule has 1 aromatic carbocycles. The summed E-state index contributed by atoms with van der Waals surface area (Å²) < 4.78 is 5.93. The smallest absolute Gasteiger partial charge is 0.119 e. The van der Waals surface area contributed by atoms with Gasteiger partial charge in [-0.25, -0.2) is 0 Å². The van der Waals surface area contributed by atoms with Gasteiger partial charge in [-0.3, -0.25) is 4.90 Å². The molecule has 3 heteroatoms. The van der Waals surface area contributed by atoms with E-state index in [0.717, 1.165) is 30.9 Å². The van der Waals surface area contributed by atoms with Gasteiger partial charge >= 0.3 is 0 Å². The van der Waals surface area contributed by atoms with Gasteiger partial charge < -0.3 is 10.1 Å². The van der Waals surface area contributed by atoms with Crippen LogP contribution in [0.5, 0.6) is 5.75 Å². The molecule has 0 aromatic heterocycles. The van der Waals surface area contributed by atoms with Crippen molar-refractivity contribution in [1.29, 1.82) is 0 Å². The minimum atomic E-state index is 0.810. The van der Waals surface area contributed by atoms with Crippen LogP contribution >= 0.6 is 0 Å². The Bertz CT molecular complexity index is 439. The molecule has 0 radical (unpaired) electrons. The van der Waals surface area contributed by atoms with E-state index < -0.39 is 0 Å². The maximum Gasteiger partial charge on any atom is 0.119 e. The highest BCUT2D eigenvalue weighted by Gasteiger charge is 2.30. The van der Waals surface area contributed by atoms with Crippen molar-refractivity contribution < 1.29 is 4.74 Å². The maximum absolute atomic E-state index is 5.93. The van der Waals surface area contributed by atoms with Crippen molar-refractivity contribution in [3.63, 3.8) is 0 Å². The van der Waals surface area contributed by atoms with Crippen molar-refractivity contribution in [2.45, 2.75) is 38.6 Å². The lowest BCUT2D eigenvalue weighted by Gasteiger charge is -2.30. The zero-order chi connectivity index (χ0) is 14.5. The monoisotopic (exact) mass is 288 g/mol. The Labute approximate surface area is 128 Å². The number of benzene rings is 1. The van der Waals surface area contributed by atoms with Crippen LogP contribution in [0.1, 0.15) is 31.2 Å². The topological polar surface area (TPSA) is 24.5 Å². The molecule has 1 aromatic rings. The average Bonchev–Trinajstić information content (AvgIpc) is 3.32. The largest absolute Gasteiger partial charge is 0.492 e. The molecule has 3 nitrogen and oxygen atoms in total. The highest BCUT2D eigenvalue weighted by atomic mass is 16.5. The van der Waals surface area contributed by atoms with E-state index in [1.165, 1.54) is 50.9 Å². The summed E-state index contributed by atoms with van der Waals surface area (Å²) >= 11 is 0. The quantitative estimate of drug-likeness (QED) is 0.835. The van der Waals surface area contributed by atoms with E-state index in [1.807, 2.05) is 0 Å². The number of nitrogens with one attached hydrogen (secondary N) is 1. The summed E-state index contributed by atoms with van der Waals surface area (Å²) in [6.45, 7) is 7.66. The predicted molar refractivity (Wildman–Crippen MR) is 86.9 cm³/mol. The third kappa shape index (κ3) is 4.72. The molecule has 1 saturated heterocycles. The van der Waals surface area contributed by atoms with Gasteiger partial charge in [0.25, 0.3) is 0 Å². The third-order valence-corrected chi connectivity index (χ3v) is 4.65. The van der Waals surface area contributed by atoms with Crippen molar-refractivity contribution >= 4 is 0 Å². The zero-order valence-electron chi connectivity index (χ0n) is 13.2. The molecule has 2 aliphatic rings. The van der Waals surface area contributed by atoms with E-state index in [2.05, 4.69) is 41.4 Å². The second-order valence-electron chi connectivity index (χ2n) is 6.58. The Morgan fingerprint density at radius 1 is 1.19 bits per heavy atom. The van der Waals surface area contributed by atoms with Gasteiger partial charge in [-0.15, -0.1) is 0 Å². The van der Waals surface area contributed by atoms with Gasteiger partial charge in [-0.2, -0.15) is 0 Å². The Kier molecular flexibility index (Phi) is 5.15. The third-order valence-electron chi connectivity index (χ3n) is 4.65. The first kappa shape index (κ1) is 14.9. The molecule has 1 aliphatic heterocycles. The van der Waals surface area contributed by atoms with E-state index in [9.17, 15) is 0 Å². The minimum absolute atomic E-state index is 0.810. The molecule has 0 amide bonds. The molecule has 2 fully saturated rings. The minimum Gasteiger partial charge on any atom is -0.492 e. The molecule has 21 heavy (non-hydrogen) atoms. The molecular weight excluding hydrogens is 260 g/mol. The molecule has 0 unspecified atom stereocenters. The lowest BCUT2D eigenvalue weighted by molar-refractivity contribution is 0.164. The maximum atomic E-state index is 5.93. The van der Waals surface area contributed by atoms with Gasteiger partial charge in [0.1, 0.15) is 12.4 Å². The predicted octanol–water partition coefficient (Wildman–Crippen LogP) is 2.84.